The lowest BCUT2D eigenvalue weighted by Crippen LogP contribution is -2.40. The summed E-state index contributed by atoms with van der Waals surface area (Å²) in [6.45, 7) is 2.69. The molecule has 1 N–H and O–H groups in total. The molecule has 2 aromatic rings. The molecule has 1 fully saturated rings. The molecule has 3 rings (SSSR count). The van der Waals surface area contributed by atoms with Crippen LogP contribution in [0.15, 0.2) is 53.1 Å². The van der Waals surface area contributed by atoms with Crippen molar-refractivity contribution in [2.45, 2.75) is 25.3 Å². The average Bonchev–Trinajstić information content (AvgIpc) is 3.11. The second-order valence-corrected chi connectivity index (χ2v) is 5.70. The van der Waals surface area contributed by atoms with Gasteiger partial charge in [-0.15, -0.1) is 0 Å². The molecule has 1 aromatic carbocycles. The molecule has 1 aliphatic heterocycles. The van der Waals surface area contributed by atoms with Crippen molar-refractivity contribution in [1.82, 2.24) is 10.2 Å². The molecule has 1 unspecified atom stereocenters. The van der Waals surface area contributed by atoms with E-state index in [1.165, 1.54) is 19.3 Å². The minimum Gasteiger partial charge on any atom is -0.468 e. The summed E-state index contributed by atoms with van der Waals surface area (Å²) in [5, 5.41) is 3.04. The third-order valence-electron chi connectivity index (χ3n) is 4.19. The molecule has 1 aliphatic rings. The highest BCUT2D eigenvalue weighted by Gasteiger charge is 2.24. The fraction of sp³-hybridized carbons (Fsp3) is 0.389. The first kappa shape index (κ1) is 14.9. The Morgan fingerprint density at radius 2 is 1.86 bits per heavy atom. The molecule has 1 amide bonds. The van der Waals surface area contributed by atoms with Crippen LogP contribution in [0.3, 0.4) is 0 Å². The second kappa shape index (κ2) is 7.27. The number of carbonyl (C=O) groups excluding carboxylic acids is 1. The van der Waals surface area contributed by atoms with Crippen LogP contribution in [0.25, 0.3) is 0 Å². The van der Waals surface area contributed by atoms with Crippen molar-refractivity contribution < 1.29 is 9.21 Å². The molecular weight excluding hydrogens is 276 g/mol. The minimum atomic E-state index is -0.0332. The SMILES string of the molecule is O=C(NCC(c1ccco1)N1CCCCC1)c1ccccc1. The van der Waals surface area contributed by atoms with Gasteiger partial charge in [0.25, 0.3) is 5.91 Å². The Kier molecular flexibility index (Phi) is 4.91. The Morgan fingerprint density at radius 3 is 2.55 bits per heavy atom. The van der Waals surface area contributed by atoms with E-state index in [2.05, 4.69) is 10.2 Å². The van der Waals surface area contributed by atoms with Gasteiger partial charge >= 0.3 is 0 Å². The molecule has 1 aromatic heterocycles. The number of carbonyl (C=O) groups is 1. The minimum absolute atomic E-state index is 0.0332. The lowest BCUT2D eigenvalue weighted by Gasteiger charge is -2.33. The summed E-state index contributed by atoms with van der Waals surface area (Å²) >= 11 is 0. The zero-order valence-electron chi connectivity index (χ0n) is 12.7. The normalized spacial score (nSPS) is 17.1. The Morgan fingerprint density at radius 1 is 1.09 bits per heavy atom. The molecule has 0 spiro atoms. The molecule has 4 heteroatoms. The van der Waals surface area contributed by atoms with Crippen LogP contribution in [-0.2, 0) is 0 Å². The molecule has 22 heavy (non-hydrogen) atoms. The highest BCUT2D eigenvalue weighted by atomic mass is 16.3. The first-order valence-corrected chi connectivity index (χ1v) is 7.95. The van der Waals surface area contributed by atoms with Gasteiger partial charge in [0.15, 0.2) is 0 Å². The zero-order chi connectivity index (χ0) is 15.2. The van der Waals surface area contributed by atoms with Crippen molar-refractivity contribution in [1.29, 1.82) is 0 Å². The number of amides is 1. The van der Waals surface area contributed by atoms with Crippen molar-refractivity contribution >= 4 is 5.91 Å². The lowest BCUT2D eigenvalue weighted by molar-refractivity contribution is 0.0914. The summed E-state index contributed by atoms with van der Waals surface area (Å²) in [4.78, 5) is 14.7. The maximum absolute atomic E-state index is 12.2. The van der Waals surface area contributed by atoms with Crippen LogP contribution in [0.1, 0.15) is 41.4 Å². The van der Waals surface area contributed by atoms with E-state index in [0.717, 1.165) is 18.8 Å². The van der Waals surface area contributed by atoms with Gasteiger partial charge in [-0.2, -0.15) is 0 Å². The molecule has 0 aliphatic carbocycles. The molecule has 0 bridgehead atoms. The summed E-state index contributed by atoms with van der Waals surface area (Å²) in [6.07, 6.45) is 5.41. The van der Waals surface area contributed by atoms with Gasteiger partial charge in [0.1, 0.15) is 5.76 Å². The van der Waals surface area contributed by atoms with Crippen molar-refractivity contribution in [2.24, 2.45) is 0 Å². The molecule has 2 heterocycles. The summed E-state index contributed by atoms with van der Waals surface area (Å²) in [5.41, 5.74) is 0.694. The third kappa shape index (κ3) is 3.57. The Hall–Kier alpha value is -2.07. The largest absolute Gasteiger partial charge is 0.468 e. The first-order valence-electron chi connectivity index (χ1n) is 7.95. The summed E-state index contributed by atoms with van der Waals surface area (Å²) in [7, 11) is 0. The topological polar surface area (TPSA) is 45.5 Å². The number of piperidine rings is 1. The quantitative estimate of drug-likeness (QED) is 0.921. The Bertz CT molecular complexity index is 574. The van der Waals surface area contributed by atoms with E-state index in [1.54, 1.807) is 6.26 Å². The van der Waals surface area contributed by atoms with Crippen LogP contribution < -0.4 is 5.32 Å². The van der Waals surface area contributed by atoms with Gasteiger partial charge < -0.3 is 9.73 Å². The van der Waals surface area contributed by atoms with E-state index in [0.29, 0.717) is 12.1 Å². The Balaban J connectivity index is 1.66. The van der Waals surface area contributed by atoms with Gasteiger partial charge in [0.2, 0.25) is 0 Å². The average molecular weight is 298 g/mol. The van der Waals surface area contributed by atoms with E-state index in [-0.39, 0.29) is 11.9 Å². The van der Waals surface area contributed by atoms with Crippen LogP contribution in [0, 0.1) is 0 Å². The second-order valence-electron chi connectivity index (χ2n) is 5.70. The summed E-state index contributed by atoms with van der Waals surface area (Å²) in [6, 6.07) is 13.3. The number of hydrogen-bond acceptors (Lipinski definition) is 3. The van der Waals surface area contributed by atoms with Crippen LogP contribution in [0.5, 0.6) is 0 Å². The number of likely N-dealkylation sites (tertiary alicyclic amines) is 1. The fourth-order valence-electron chi connectivity index (χ4n) is 3.00. The van der Waals surface area contributed by atoms with Crippen molar-refractivity contribution in [2.75, 3.05) is 19.6 Å². The van der Waals surface area contributed by atoms with Crippen LogP contribution in [0.2, 0.25) is 0 Å². The van der Waals surface area contributed by atoms with Crippen LogP contribution >= 0.6 is 0 Å². The van der Waals surface area contributed by atoms with E-state index in [4.69, 9.17) is 4.42 Å². The fourth-order valence-corrected chi connectivity index (χ4v) is 3.00. The zero-order valence-corrected chi connectivity index (χ0v) is 12.7. The molecule has 1 atom stereocenters. The number of furan rings is 1. The predicted molar refractivity (Wildman–Crippen MR) is 85.6 cm³/mol. The van der Waals surface area contributed by atoms with E-state index in [1.807, 2.05) is 42.5 Å². The van der Waals surface area contributed by atoms with Gasteiger partial charge in [0.05, 0.1) is 12.3 Å². The lowest BCUT2D eigenvalue weighted by atomic mass is 10.1. The van der Waals surface area contributed by atoms with Crippen molar-refractivity contribution in [3.05, 3.63) is 60.1 Å². The number of hydrogen-bond donors (Lipinski definition) is 1. The maximum atomic E-state index is 12.2. The molecule has 0 saturated carbocycles. The third-order valence-corrected chi connectivity index (χ3v) is 4.19. The molecule has 116 valence electrons. The van der Waals surface area contributed by atoms with Gasteiger partial charge in [-0.05, 0) is 50.2 Å². The number of benzene rings is 1. The monoisotopic (exact) mass is 298 g/mol. The number of nitrogens with zero attached hydrogens (tertiary/aromatic N) is 1. The van der Waals surface area contributed by atoms with Crippen LogP contribution in [0.4, 0.5) is 0 Å². The Labute approximate surface area is 131 Å². The molecule has 1 saturated heterocycles. The highest BCUT2D eigenvalue weighted by Crippen LogP contribution is 2.24. The van der Waals surface area contributed by atoms with Crippen molar-refractivity contribution in [3.63, 3.8) is 0 Å². The molecular formula is C18H22N2O2. The molecule has 4 nitrogen and oxygen atoms in total. The van der Waals surface area contributed by atoms with E-state index in [9.17, 15) is 4.79 Å². The highest BCUT2D eigenvalue weighted by molar-refractivity contribution is 5.94. The predicted octanol–water partition coefficient (Wildman–Crippen LogP) is 3.24. The van der Waals surface area contributed by atoms with Gasteiger partial charge in [-0.25, -0.2) is 0 Å². The van der Waals surface area contributed by atoms with Gasteiger partial charge in [-0.3, -0.25) is 9.69 Å². The van der Waals surface area contributed by atoms with Gasteiger partial charge in [-0.1, -0.05) is 24.6 Å². The summed E-state index contributed by atoms with van der Waals surface area (Å²) in [5.74, 6) is 0.893. The smallest absolute Gasteiger partial charge is 0.251 e. The molecule has 0 radical (unpaired) electrons. The van der Waals surface area contributed by atoms with Crippen molar-refractivity contribution in [3.8, 4) is 0 Å². The maximum Gasteiger partial charge on any atom is 0.251 e. The number of rotatable bonds is 5. The van der Waals surface area contributed by atoms with E-state index < -0.39 is 0 Å². The van der Waals surface area contributed by atoms with Crippen LogP contribution in [-0.4, -0.2) is 30.4 Å². The van der Waals surface area contributed by atoms with E-state index >= 15 is 0 Å². The number of nitrogens with one attached hydrogen (secondary N) is 1. The summed E-state index contributed by atoms with van der Waals surface area (Å²) < 4.78 is 5.59. The first-order chi connectivity index (χ1) is 10.8. The van der Waals surface area contributed by atoms with Gasteiger partial charge in [0, 0.05) is 12.1 Å². The standard InChI is InChI=1S/C18H22N2O2/c21-18(15-8-3-1-4-9-15)19-14-16(17-10-7-13-22-17)20-11-5-2-6-12-20/h1,3-4,7-10,13,16H,2,5-6,11-12,14H2,(H,19,21).